The van der Waals surface area contributed by atoms with Crippen molar-refractivity contribution >= 4 is 22.4 Å². The Labute approximate surface area is 111 Å². The molecule has 4 nitrogen and oxygen atoms in total. The molecule has 19 heavy (non-hydrogen) atoms. The summed E-state index contributed by atoms with van der Waals surface area (Å²) >= 11 is 0. The predicted molar refractivity (Wildman–Crippen MR) is 77.1 cm³/mol. The number of benzene rings is 1. The quantitative estimate of drug-likeness (QED) is 0.749. The topological polar surface area (TPSA) is 49.9 Å². The second-order valence-electron chi connectivity index (χ2n) is 4.38. The van der Waals surface area contributed by atoms with Gasteiger partial charge in [0.1, 0.15) is 5.75 Å². The van der Waals surface area contributed by atoms with Gasteiger partial charge in [-0.3, -0.25) is 0 Å². The van der Waals surface area contributed by atoms with Crippen LogP contribution in [0.1, 0.15) is 5.56 Å². The normalized spacial score (nSPS) is 10.6. The summed E-state index contributed by atoms with van der Waals surface area (Å²) in [6.07, 6.45) is 3.79. The van der Waals surface area contributed by atoms with Crippen molar-refractivity contribution in [3.05, 3.63) is 48.3 Å². The number of aromatic nitrogens is 2. The third-order valence-electron chi connectivity index (χ3n) is 3.17. The maximum Gasteiger partial charge on any atom is 0.154 e. The smallest absolute Gasteiger partial charge is 0.154 e. The van der Waals surface area contributed by atoms with E-state index in [4.69, 9.17) is 4.74 Å². The van der Waals surface area contributed by atoms with Crippen LogP contribution in [0.4, 0.5) is 11.5 Å². The third-order valence-corrected chi connectivity index (χ3v) is 3.17. The van der Waals surface area contributed by atoms with Crippen molar-refractivity contribution in [2.75, 3.05) is 12.4 Å². The molecule has 4 heteroatoms. The molecule has 96 valence electrons. The van der Waals surface area contributed by atoms with E-state index in [0.717, 1.165) is 22.8 Å². The Balaban J connectivity index is 2.06. The molecule has 0 aliphatic carbocycles. The van der Waals surface area contributed by atoms with Gasteiger partial charge in [0.15, 0.2) is 5.82 Å². The van der Waals surface area contributed by atoms with Crippen LogP contribution >= 0.6 is 0 Å². The number of ether oxygens (including phenoxy) is 1. The van der Waals surface area contributed by atoms with Crippen molar-refractivity contribution < 1.29 is 4.74 Å². The lowest BCUT2D eigenvalue weighted by atomic mass is 10.2. The van der Waals surface area contributed by atoms with Crippen LogP contribution < -0.4 is 10.1 Å². The average Bonchev–Trinajstić information content (AvgIpc) is 2.82. The average molecular weight is 253 g/mol. The Hall–Kier alpha value is -2.49. The van der Waals surface area contributed by atoms with Gasteiger partial charge < -0.3 is 15.0 Å². The number of methoxy groups -OCH3 is 1. The number of aromatic amines is 1. The number of rotatable bonds is 3. The number of fused-ring (bicyclic) bond motifs is 1. The number of pyridine rings is 1. The van der Waals surface area contributed by atoms with Crippen LogP contribution in [0.15, 0.2) is 42.7 Å². The second kappa shape index (κ2) is 4.65. The number of hydrogen-bond acceptors (Lipinski definition) is 3. The van der Waals surface area contributed by atoms with E-state index in [1.54, 1.807) is 13.3 Å². The molecule has 0 fully saturated rings. The molecule has 1 aromatic carbocycles. The van der Waals surface area contributed by atoms with Gasteiger partial charge in [-0.2, -0.15) is 0 Å². The van der Waals surface area contributed by atoms with Crippen LogP contribution in [-0.4, -0.2) is 17.1 Å². The SMILES string of the molecule is COc1ccccc1Nc1nccc2c(C)c[nH]c12. The Morgan fingerprint density at radius 2 is 2.05 bits per heavy atom. The van der Waals surface area contributed by atoms with E-state index in [1.165, 1.54) is 10.9 Å². The summed E-state index contributed by atoms with van der Waals surface area (Å²) in [5, 5.41) is 4.49. The summed E-state index contributed by atoms with van der Waals surface area (Å²) in [5.41, 5.74) is 3.11. The minimum atomic E-state index is 0.796. The summed E-state index contributed by atoms with van der Waals surface area (Å²) in [4.78, 5) is 7.64. The lowest BCUT2D eigenvalue weighted by Crippen LogP contribution is -1.97. The Kier molecular flexibility index (Phi) is 2.83. The number of hydrogen-bond donors (Lipinski definition) is 2. The molecule has 2 aromatic heterocycles. The predicted octanol–water partition coefficient (Wildman–Crippen LogP) is 3.62. The van der Waals surface area contributed by atoms with E-state index in [1.807, 2.05) is 36.5 Å². The largest absolute Gasteiger partial charge is 0.495 e. The molecule has 0 saturated heterocycles. The molecule has 0 radical (unpaired) electrons. The van der Waals surface area contributed by atoms with Crippen molar-refractivity contribution in [2.45, 2.75) is 6.92 Å². The van der Waals surface area contributed by atoms with Gasteiger partial charge in [-0.15, -0.1) is 0 Å². The number of nitrogens with one attached hydrogen (secondary N) is 2. The van der Waals surface area contributed by atoms with Gasteiger partial charge in [0.05, 0.1) is 18.3 Å². The molecule has 0 atom stereocenters. The van der Waals surface area contributed by atoms with Gasteiger partial charge in [0.25, 0.3) is 0 Å². The van der Waals surface area contributed by atoms with Crippen molar-refractivity contribution in [3.63, 3.8) is 0 Å². The zero-order chi connectivity index (χ0) is 13.2. The molecule has 0 bridgehead atoms. The molecule has 0 spiro atoms. The van der Waals surface area contributed by atoms with E-state index < -0.39 is 0 Å². The molecule has 0 saturated carbocycles. The summed E-state index contributed by atoms with van der Waals surface area (Å²) in [5.74, 6) is 1.60. The summed E-state index contributed by atoms with van der Waals surface area (Å²) < 4.78 is 5.33. The highest BCUT2D eigenvalue weighted by molar-refractivity contribution is 5.92. The first kappa shape index (κ1) is 11.6. The van der Waals surface area contributed by atoms with Crippen LogP contribution in [0.3, 0.4) is 0 Å². The minimum Gasteiger partial charge on any atom is -0.495 e. The zero-order valence-electron chi connectivity index (χ0n) is 10.9. The van der Waals surface area contributed by atoms with Crippen LogP contribution in [0.2, 0.25) is 0 Å². The van der Waals surface area contributed by atoms with Gasteiger partial charge in [-0.05, 0) is 30.7 Å². The van der Waals surface area contributed by atoms with E-state index in [-0.39, 0.29) is 0 Å². The maximum atomic E-state index is 5.33. The molecule has 0 aliphatic rings. The summed E-state index contributed by atoms with van der Waals surface area (Å²) in [6, 6.07) is 9.80. The van der Waals surface area contributed by atoms with Gasteiger partial charge >= 0.3 is 0 Å². The minimum absolute atomic E-state index is 0.796. The maximum absolute atomic E-state index is 5.33. The Bertz CT molecular complexity index is 718. The van der Waals surface area contributed by atoms with E-state index in [2.05, 4.69) is 22.2 Å². The fraction of sp³-hybridized carbons (Fsp3) is 0.133. The van der Waals surface area contributed by atoms with Crippen LogP contribution in [-0.2, 0) is 0 Å². The Morgan fingerprint density at radius 1 is 1.21 bits per heavy atom. The van der Waals surface area contributed by atoms with E-state index in [0.29, 0.717) is 0 Å². The van der Waals surface area contributed by atoms with Crippen LogP contribution in [0.5, 0.6) is 5.75 Å². The van der Waals surface area contributed by atoms with E-state index in [9.17, 15) is 0 Å². The first-order chi connectivity index (χ1) is 9.29. The highest BCUT2D eigenvalue weighted by Gasteiger charge is 2.08. The Morgan fingerprint density at radius 3 is 2.89 bits per heavy atom. The highest BCUT2D eigenvalue weighted by Crippen LogP contribution is 2.30. The first-order valence-electron chi connectivity index (χ1n) is 6.12. The van der Waals surface area contributed by atoms with Crippen molar-refractivity contribution in [1.82, 2.24) is 9.97 Å². The monoisotopic (exact) mass is 253 g/mol. The summed E-state index contributed by atoms with van der Waals surface area (Å²) in [6.45, 7) is 2.08. The molecule has 3 aromatic rings. The van der Waals surface area contributed by atoms with E-state index >= 15 is 0 Å². The first-order valence-corrected chi connectivity index (χ1v) is 6.12. The molecule has 3 rings (SSSR count). The van der Waals surface area contributed by atoms with Gasteiger partial charge in [-0.25, -0.2) is 4.98 Å². The highest BCUT2D eigenvalue weighted by atomic mass is 16.5. The molecule has 2 heterocycles. The molecule has 0 amide bonds. The second-order valence-corrected chi connectivity index (χ2v) is 4.38. The summed E-state index contributed by atoms with van der Waals surface area (Å²) in [7, 11) is 1.66. The van der Waals surface area contributed by atoms with Gasteiger partial charge in [-0.1, -0.05) is 12.1 Å². The molecular formula is C15H15N3O. The number of H-pyrrole nitrogens is 1. The van der Waals surface area contributed by atoms with Crippen molar-refractivity contribution in [2.24, 2.45) is 0 Å². The van der Waals surface area contributed by atoms with Crippen molar-refractivity contribution in [3.8, 4) is 5.75 Å². The number of para-hydroxylation sites is 2. The number of aryl methyl sites for hydroxylation is 1. The fourth-order valence-electron chi connectivity index (χ4n) is 2.16. The zero-order valence-corrected chi connectivity index (χ0v) is 10.9. The lowest BCUT2D eigenvalue weighted by Gasteiger charge is -2.10. The third kappa shape index (κ3) is 2.01. The van der Waals surface area contributed by atoms with Crippen molar-refractivity contribution in [1.29, 1.82) is 0 Å². The number of nitrogens with zero attached hydrogens (tertiary/aromatic N) is 1. The number of anilines is 2. The standard InChI is InChI=1S/C15H15N3O/c1-10-9-17-14-11(10)7-8-16-15(14)18-12-5-3-4-6-13(12)19-2/h3-9,17H,1-2H3,(H,16,18). The molecule has 0 aliphatic heterocycles. The molecule has 2 N–H and O–H groups in total. The molecule has 0 unspecified atom stereocenters. The van der Waals surface area contributed by atoms with Gasteiger partial charge in [0, 0.05) is 17.8 Å². The van der Waals surface area contributed by atoms with Crippen LogP contribution in [0.25, 0.3) is 10.9 Å². The fourth-order valence-corrected chi connectivity index (χ4v) is 2.16. The lowest BCUT2D eigenvalue weighted by molar-refractivity contribution is 0.417. The van der Waals surface area contributed by atoms with Crippen LogP contribution in [0, 0.1) is 6.92 Å². The molecular weight excluding hydrogens is 238 g/mol. The van der Waals surface area contributed by atoms with Gasteiger partial charge in [0.2, 0.25) is 0 Å².